The molecule has 8 rings (SSSR count). The number of carbonyl (C=O) groups excluding carboxylic acids is 7. The summed E-state index contributed by atoms with van der Waals surface area (Å²) < 4.78 is 46.8. The molecule has 3 aromatic carbocycles. The topological polar surface area (TPSA) is 324 Å². The molecule has 3 aliphatic heterocycles. The van der Waals surface area contributed by atoms with E-state index in [0.29, 0.717) is 171 Å². The Hall–Kier alpha value is -8.03. The quantitative estimate of drug-likeness (QED) is 0.0149. The average Bonchev–Trinajstić information content (AvgIpc) is 1.62. The number of imide groups is 1. The summed E-state index contributed by atoms with van der Waals surface area (Å²) in [6.07, 6.45) is 14.3. The number of likely N-dealkylation sites (N-methyl/N-ethyl adjacent to an activating group) is 2. The van der Waals surface area contributed by atoms with Gasteiger partial charge in [0.15, 0.2) is 11.3 Å². The number of benzene rings is 3. The first-order valence-corrected chi connectivity index (χ1v) is 35.8. The Balaban J connectivity index is 0.540. The number of fused-ring (bicyclic) bond motifs is 2. The van der Waals surface area contributed by atoms with Crippen LogP contribution in [0.5, 0.6) is 0 Å². The lowest BCUT2D eigenvalue weighted by molar-refractivity contribution is -0.137. The maximum absolute atomic E-state index is 13.9. The highest BCUT2D eigenvalue weighted by Gasteiger charge is 2.39. The summed E-state index contributed by atoms with van der Waals surface area (Å²) >= 11 is 6.43. The second-order valence-corrected chi connectivity index (χ2v) is 26.2. The Bertz CT molecular complexity index is 3610. The van der Waals surface area contributed by atoms with Crippen molar-refractivity contribution in [3.05, 3.63) is 117 Å². The van der Waals surface area contributed by atoms with Crippen LogP contribution in [0.4, 0.5) is 22.0 Å². The summed E-state index contributed by atoms with van der Waals surface area (Å²) in [6, 6.07) is 13.3. The van der Waals surface area contributed by atoms with E-state index in [1.54, 1.807) is 58.9 Å². The van der Waals surface area contributed by atoms with Crippen molar-refractivity contribution in [1.29, 1.82) is 0 Å². The lowest BCUT2D eigenvalue weighted by Gasteiger charge is -2.32. The molecule has 0 spiro atoms. The molecule has 29 heteroatoms. The number of amides is 8. The fraction of sp³-hybridized carbons (Fsp3) is 0.562. The molecular formula is C73H102ClN13O15. The van der Waals surface area contributed by atoms with Crippen LogP contribution in [-0.2, 0) is 83.0 Å². The van der Waals surface area contributed by atoms with E-state index in [4.69, 9.17) is 60.3 Å². The molecule has 3 aliphatic rings. The molecule has 8 amide bonds. The fourth-order valence-electron chi connectivity index (χ4n) is 12.1. The standard InChI is InChI=1S/C73H102ClN13O15/c1-51-52(2)61(20-18-55(51)45-65(90)83(3)4)80-71(92)67-66-68(75)77-50-78-69(66)87(82-67)59-15-12-24-85(49-59)64(89)16-13-23-84(5)25-27-96-29-31-98-33-35-100-37-39-102-41-40-101-38-36-99-34-32-97-30-28-95-26-11-9-7-6-8-10-14-53-43-57(74)46-58(44-53)79-73(94)76-47-54-17-19-60-56(42-54)48-86(72(60)93)62-21-22-63(88)81-70(62)91/h13,16-20,42-44,46,50,59,62H,6-12,14-15,21-41,45,47-49H2,1-5H3,(H,80,92)(H2,75,77,78)(H2,76,79,94)(H,81,88,91)/b16-13+/t59-,62?/m1/s1. The van der Waals surface area contributed by atoms with Gasteiger partial charge in [0.25, 0.3) is 11.8 Å². The third kappa shape index (κ3) is 25.4. The molecule has 28 nitrogen and oxygen atoms in total. The van der Waals surface area contributed by atoms with Crippen molar-refractivity contribution in [2.24, 2.45) is 0 Å². The predicted molar refractivity (Wildman–Crippen MR) is 385 cm³/mol. The number of nitrogens with one attached hydrogen (secondary N) is 4. The van der Waals surface area contributed by atoms with E-state index in [0.717, 1.165) is 91.2 Å². The number of unbranched alkanes of at least 4 members (excludes halogenated alkanes) is 5. The first-order chi connectivity index (χ1) is 49.4. The molecular weight excluding hydrogens is 1330 g/mol. The zero-order chi connectivity index (χ0) is 72.6. The van der Waals surface area contributed by atoms with Crippen LogP contribution in [0.25, 0.3) is 11.0 Å². The highest BCUT2D eigenvalue weighted by atomic mass is 35.5. The van der Waals surface area contributed by atoms with E-state index in [1.807, 2.05) is 51.2 Å². The van der Waals surface area contributed by atoms with Crippen molar-refractivity contribution >= 4 is 81.3 Å². The monoisotopic (exact) mass is 1440 g/mol. The third-order valence-electron chi connectivity index (χ3n) is 17.9. The highest BCUT2D eigenvalue weighted by molar-refractivity contribution is 6.31. The van der Waals surface area contributed by atoms with Crippen molar-refractivity contribution in [3.8, 4) is 0 Å². The minimum Gasteiger partial charge on any atom is -0.383 e. The predicted octanol–water partition coefficient (Wildman–Crippen LogP) is 7.01. The lowest BCUT2D eigenvalue weighted by Crippen LogP contribution is -2.52. The summed E-state index contributed by atoms with van der Waals surface area (Å²) in [5.41, 5.74) is 13.8. The van der Waals surface area contributed by atoms with E-state index in [2.05, 4.69) is 36.1 Å². The van der Waals surface area contributed by atoms with Crippen molar-refractivity contribution in [2.75, 3.05) is 169 Å². The van der Waals surface area contributed by atoms with Crippen molar-refractivity contribution in [1.82, 2.24) is 50.0 Å². The van der Waals surface area contributed by atoms with Crippen LogP contribution in [0.3, 0.4) is 0 Å². The Morgan fingerprint density at radius 2 is 1.35 bits per heavy atom. The number of nitrogens with two attached hydrogens (primary N) is 1. The molecule has 5 aromatic rings. The first-order valence-electron chi connectivity index (χ1n) is 35.4. The zero-order valence-corrected chi connectivity index (χ0v) is 60.5. The largest absolute Gasteiger partial charge is 0.383 e. The molecule has 0 saturated carbocycles. The van der Waals surface area contributed by atoms with E-state index >= 15 is 0 Å². The second kappa shape index (κ2) is 42.5. The molecule has 1 unspecified atom stereocenters. The van der Waals surface area contributed by atoms with Crippen molar-refractivity contribution in [2.45, 2.75) is 116 Å². The number of aromatic nitrogens is 4. The third-order valence-corrected chi connectivity index (χ3v) is 18.2. The molecule has 2 fully saturated rings. The average molecular weight is 1440 g/mol. The van der Waals surface area contributed by atoms with Gasteiger partial charge in [-0.05, 0) is 123 Å². The van der Waals surface area contributed by atoms with Gasteiger partial charge in [0, 0.05) is 94.4 Å². The summed E-state index contributed by atoms with van der Waals surface area (Å²) in [4.78, 5) is 105. The van der Waals surface area contributed by atoms with Crippen LogP contribution in [0.15, 0.2) is 67.0 Å². The summed E-state index contributed by atoms with van der Waals surface area (Å²) in [7, 11) is 5.41. The van der Waals surface area contributed by atoms with Gasteiger partial charge in [-0.1, -0.05) is 61.6 Å². The van der Waals surface area contributed by atoms with Gasteiger partial charge in [-0.15, -0.1) is 0 Å². The van der Waals surface area contributed by atoms with Gasteiger partial charge in [0.2, 0.25) is 23.6 Å². The molecule has 2 saturated heterocycles. The van der Waals surface area contributed by atoms with Crippen LogP contribution < -0.4 is 27.0 Å². The minimum absolute atomic E-state index is 0.0146. The molecule has 6 N–H and O–H groups in total. The smallest absolute Gasteiger partial charge is 0.319 e. The molecule has 102 heavy (non-hydrogen) atoms. The maximum Gasteiger partial charge on any atom is 0.319 e. The molecule has 0 aliphatic carbocycles. The summed E-state index contributed by atoms with van der Waals surface area (Å²) in [6.45, 7) is 14.3. The van der Waals surface area contributed by atoms with E-state index < -0.39 is 17.9 Å². The van der Waals surface area contributed by atoms with Gasteiger partial charge in [-0.3, -0.25) is 34.1 Å². The molecule has 0 bridgehead atoms. The SMILES string of the molecule is Cc1c(CC(=O)N(C)C)ccc(NC(=O)c2nn([C@@H]3CCCN(C(=O)/C=C/CN(C)CCOCCOCCOCCOCCOCCOCCOCCOCCCCCCCCc4cc(Cl)cc(NC(=O)NCc5ccc6c(c5)CN(C5CCC(=O)NC5=O)C6=O)c4)C3)c3ncnc(N)c23)c1C. The Morgan fingerprint density at radius 1 is 0.716 bits per heavy atom. The van der Waals surface area contributed by atoms with Gasteiger partial charge in [-0.2, -0.15) is 5.10 Å². The minimum atomic E-state index is -0.682. The maximum atomic E-state index is 13.9. The molecule has 556 valence electrons. The zero-order valence-electron chi connectivity index (χ0n) is 59.7. The number of likely N-dealkylation sites (tertiary alicyclic amines) is 1. The van der Waals surface area contributed by atoms with Gasteiger partial charge < -0.3 is 79.2 Å². The van der Waals surface area contributed by atoms with Crippen LogP contribution in [0.2, 0.25) is 5.02 Å². The number of rotatable bonds is 45. The number of hydrogen-bond acceptors (Lipinski definition) is 20. The Morgan fingerprint density at radius 3 is 2.01 bits per heavy atom. The van der Waals surface area contributed by atoms with Gasteiger partial charge >= 0.3 is 6.03 Å². The van der Waals surface area contributed by atoms with Crippen molar-refractivity contribution in [3.63, 3.8) is 0 Å². The normalized spacial score (nSPS) is 15.4. The Labute approximate surface area is 602 Å². The number of urea groups is 1. The van der Waals surface area contributed by atoms with Crippen LogP contribution in [0.1, 0.15) is 124 Å². The van der Waals surface area contributed by atoms with Crippen LogP contribution in [0, 0.1) is 13.8 Å². The summed E-state index contributed by atoms with van der Waals surface area (Å²) in [5.74, 6) is -1.48. The number of carbonyl (C=O) groups is 7. The fourth-order valence-corrected chi connectivity index (χ4v) is 12.3. The number of anilines is 3. The van der Waals surface area contributed by atoms with E-state index in [-0.39, 0.29) is 73.1 Å². The van der Waals surface area contributed by atoms with Gasteiger partial charge in [0.05, 0.1) is 117 Å². The van der Waals surface area contributed by atoms with E-state index in [9.17, 15) is 33.6 Å². The molecule has 2 atom stereocenters. The molecule has 2 aromatic heterocycles. The molecule has 0 radical (unpaired) electrons. The van der Waals surface area contributed by atoms with Gasteiger partial charge in [0.1, 0.15) is 18.2 Å². The number of nitrogens with zero attached hydrogens (tertiary/aromatic N) is 8. The Kier molecular flexibility index (Phi) is 33.2. The van der Waals surface area contributed by atoms with Crippen LogP contribution in [-0.4, -0.2) is 240 Å². The van der Waals surface area contributed by atoms with Crippen LogP contribution >= 0.6 is 11.6 Å². The first kappa shape index (κ1) is 79.7. The highest BCUT2D eigenvalue weighted by Crippen LogP contribution is 2.32. The number of piperidine rings is 2. The summed E-state index contributed by atoms with van der Waals surface area (Å²) in [5, 5.41) is 16.7. The number of aryl methyl sites for hydroxylation is 1. The second-order valence-electron chi connectivity index (χ2n) is 25.8. The number of halogens is 1. The van der Waals surface area contributed by atoms with Gasteiger partial charge in [-0.25, -0.2) is 19.4 Å². The van der Waals surface area contributed by atoms with Crippen molar-refractivity contribution < 1.29 is 71.5 Å². The van der Waals surface area contributed by atoms with E-state index in [1.165, 1.54) is 11.2 Å². The molecule has 5 heterocycles. The number of ether oxygens (including phenoxy) is 8. The number of nitrogen functional groups attached to an aromatic ring is 1. The number of hydrogen-bond donors (Lipinski definition) is 5. The lowest BCUT2D eigenvalue weighted by atomic mass is 9.98.